The Labute approximate surface area is 126 Å². The summed E-state index contributed by atoms with van der Waals surface area (Å²) in [5.41, 5.74) is 0.918. The second kappa shape index (κ2) is 6.97. The molecule has 0 aliphatic heterocycles. The second-order valence-electron chi connectivity index (χ2n) is 4.90. The predicted octanol–water partition coefficient (Wildman–Crippen LogP) is 2.70. The van der Waals surface area contributed by atoms with Crippen molar-refractivity contribution in [1.82, 2.24) is 15.0 Å². The van der Waals surface area contributed by atoms with Crippen molar-refractivity contribution in [2.45, 2.75) is 26.0 Å². The summed E-state index contributed by atoms with van der Waals surface area (Å²) in [5, 5.41) is 13.3. The largest absolute Gasteiger partial charge is 0.393 e. The summed E-state index contributed by atoms with van der Waals surface area (Å²) in [7, 11) is 1.96. The smallest absolute Gasteiger partial charge is 0.241 e. The van der Waals surface area contributed by atoms with Crippen molar-refractivity contribution in [3.05, 3.63) is 34.6 Å². The fourth-order valence-electron chi connectivity index (χ4n) is 1.78. The van der Waals surface area contributed by atoms with Gasteiger partial charge in [0, 0.05) is 16.6 Å². The molecule has 1 aromatic carbocycles. The van der Waals surface area contributed by atoms with E-state index in [1.807, 2.05) is 36.2 Å². The first-order chi connectivity index (χ1) is 9.54. The average molecular weight is 340 g/mol. The molecular weight excluding hydrogens is 322 g/mol. The average Bonchev–Trinajstić information content (AvgIpc) is 2.85. The SMILES string of the molecule is CC(O)CCN(C)Cc1nc(-c2cccc(Br)c2)no1. The number of benzene rings is 1. The monoisotopic (exact) mass is 339 g/mol. The number of halogens is 1. The minimum absolute atomic E-state index is 0.294. The summed E-state index contributed by atoms with van der Waals surface area (Å²) in [5.74, 6) is 1.17. The fraction of sp³-hybridized carbons (Fsp3) is 0.429. The van der Waals surface area contributed by atoms with Gasteiger partial charge in [-0.15, -0.1) is 0 Å². The summed E-state index contributed by atoms with van der Waals surface area (Å²) in [6.07, 6.45) is 0.431. The van der Waals surface area contributed by atoms with Crippen LogP contribution in [0.2, 0.25) is 0 Å². The minimum atomic E-state index is -0.294. The summed E-state index contributed by atoms with van der Waals surface area (Å²) in [6, 6.07) is 7.78. The van der Waals surface area contributed by atoms with Crippen molar-refractivity contribution in [2.24, 2.45) is 0 Å². The number of aliphatic hydroxyl groups excluding tert-OH is 1. The highest BCUT2D eigenvalue weighted by Crippen LogP contribution is 2.20. The predicted molar refractivity (Wildman–Crippen MR) is 80.1 cm³/mol. The molecule has 2 rings (SSSR count). The van der Waals surface area contributed by atoms with Crippen LogP contribution in [0.15, 0.2) is 33.3 Å². The molecule has 0 saturated carbocycles. The van der Waals surface area contributed by atoms with E-state index >= 15 is 0 Å². The summed E-state index contributed by atoms with van der Waals surface area (Å²) in [6.45, 7) is 3.14. The Kier molecular flexibility index (Phi) is 5.28. The lowest BCUT2D eigenvalue weighted by molar-refractivity contribution is 0.158. The topological polar surface area (TPSA) is 62.4 Å². The molecule has 0 amide bonds. The van der Waals surface area contributed by atoms with Gasteiger partial charge in [-0.05, 0) is 32.5 Å². The molecule has 108 valence electrons. The van der Waals surface area contributed by atoms with E-state index in [1.54, 1.807) is 6.92 Å². The zero-order valence-electron chi connectivity index (χ0n) is 11.6. The molecule has 6 heteroatoms. The van der Waals surface area contributed by atoms with Crippen LogP contribution in [0.4, 0.5) is 0 Å². The molecule has 2 aromatic rings. The number of hydrogen-bond acceptors (Lipinski definition) is 5. The van der Waals surface area contributed by atoms with Crippen LogP contribution in [0, 0.1) is 0 Å². The van der Waals surface area contributed by atoms with Crippen LogP contribution < -0.4 is 0 Å². The molecule has 0 spiro atoms. The number of nitrogens with zero attached hydrogens (tertiary/aromatic N) is 3. The van der Waals surface area contributed by atoms with Crippen LogP contribution in [0.5, 0.6) is 0 Å². The molecule has 1 aromatic heterocycles. The van der Waals surface area contributed by atoms with Gasteiger partial charge in [0.2, 0.25) is 11.7 Å². The van der Waals surface area contributed by atoms with E-state index in [-0.39, 0.29) is 6.10 Å². The molecule has 0 saturated heterocycles. The Morgan fingerprint density at radius 1 is 1.45 bits per heavy atom. The fourth-order valence-corrected chi connectivity index (χ4v) is 2.18. The quantitative estimate of drug-likeness (QED) is 0.876. The Morgan fingerprint density at radius 2 is 2.25 bits per heavy atom. The van der Waals surface area contributed by atoms with Gasteiger partial charge in [0.1, 0.15) is 0 Å². The van der Waals surface area contributed by atoms with Crippen molar-refractivity contribution in [3.63, 3.8) is 0 Å². The van der Waals surface area contributed by atoms with E-state index in [2.05, 4.69) is 26.1 Å². The maximum absolute atomic E-state index is 9.26. The van der Waals surface area contributed by atoms with Gasteiger partial charge in [0.15, 0.2) is 0 Å². The summed E-state index contributed by atoms with van der Waals surface area (Å²) < 4.78 is 6.24. The van der Waals surface area contributed by atoms with Crippen LogP contribution in [-0.4, -0.2) is 39.8 Å². The van der Waals surface area contributed by atoms with Crippen molar-refractivity contribution >= 4 is 15.9 Å². The number of aromatic nitrogens is 2. The zero-order valence-corrected chi connectivity index (χ0v) is 13.2. The van der Waals surface area contributed by atoms with Crippen molar-refractivity contribution in [1.29, 1.82) is 0 Å². The Morgan fingerprint density at radius 3 is 2.95 bits per heavy atom. The molecule has 0 fully saturated rings. The Balaban J connectivity index is 1.99. The lowest BCUT2D eigenvalue weighted by Gasteiger charge is -2.14. The van der Waals surface area contributed by atoms with E-state index in [0.29, 0.717) is 18.3 Å². The molecule has 0 bridgehead atoms. The van der Waals surface area contributed by atoms with Crippen molar-refractivity contribution < 1.29 is 9.63 Å². The Bertz CT molecular complexity index is 557. The third kappa shape index (κ3) is 4.40. The zero-order chi connectivity index (χ0) is 14.5. The normalized spacial score (nSPS) is 12.8. The highest BCUT2D eigenvalue weighted by atomic mass is 79.9. The van der Waals surface area contributed by atoms with Crippen LogP contribution in [0.25, 0.3) is 11.4 Å². The molecule has 1 unspecified atom stereocenters. The third-order valence-corrected chi connectivity index (χ3v) is 3.38. The molecule has 5 nitrogen and oxygen atoms in total. The lowest BCUT2D eigenvalue weighted by atomic mass is 10.2. The van der Waals surface area contributed by atoms with Crippen LogP contribution in [0.3, 0.4) is 0 Å². The maximum Gasteiger partial charge on any atom is 0.241 e. The molecule has 1 heterocycles. The molecule has 0 aliphatic carbocycles. The van der Waals surface area contributed by atoms with Crippen molar-refractivity contribution in [2.75, 3.05) is 13.6 Å². The maximum atomic E-state index is 9.26. The van der Waals surface area contributed by atoms with Gasteiger partial charge in [0.05, 0.1) is 12.6 Å². The molecule has 20 heavy (non-hydrogen) atoms. The van der Waals surface area contributed by atoms with E-state index in [0.717, 1.165) is 23.0 Å². The lowest BCUT2D eigenvalue weighted by Crippen LogP contribution is -2.22. The number of rotatable bonds is 6. The highest BCUT2D eigenvalue weighted by molar-refractivity contribution is 9.10. The van der Waals surface area contributed by atoms with E-state index in [9.17, 15) is 5.11 Å². The standard InChI is InChI=1S/C14H18BrN3O2/c1-10(19)6-7-18(2)9-13-16-14(17-20-13)11-4-3-5-12(15)8-11/h3-5,8,10,19H,6-7,9H2,1-2H3. The molecule has 1 N–H and O–H groups in total. The van der Waals surface area contributed by atoms with E-state index < -0.39 is 0 Å². The summed E-state index contributed by atoms with van der Waals surface area (Å²) in [4.78, 5) is 6.43. The first-order valence-electron chi connectivity index (χ1n) is 6.49. The molecular formula is C14H18BrN3O2. The van der Waals surface area contributed by atoms with Gasteiger partial charge in [-0.3, -0.25) is 4.90 Å². The first-order valence-corrected chi connectivity index (χ1v) is 7.29. The van der Waals surface area contributed by atoms with Gasteiger partial charge >= 0.3 is 0 Å². The molecule has 1 atom stereocenters. The molecule has 0 aliphatic rings. The number of aliphatic hydroxyl groups is 1. The second-order valence-corrected chi connectivity index (χ2v) is 5.81. The van der Waals surface area contributed by atoms with Gasteiger partial charge in [-0.25, -0.2) is 0 Å². The highest BCUT2D eigenvalue weighted by Gasteiger charge is 2.11. The number of hydrogen-bond donors (Lipinski definition) is 1. The van der Waals surface area contributed by atoms with Crippen LogP contribution in [0.1, 0.15) is 19.2 Å². The molecule has 0 radical (unpaired) electrons. The van der Waals surface area contributed by atoms with Crippen LogP contribution >= 0.6 is 15.9 Å². The van der Waals surface area contributed by atoms with E-state index in [1.165, 1.54) is 0 Å². The Hall–Kier alpha value is -1.24. The van der Waals surface area contributed by atoms with Gasteiger partial charge in [0.25, 0.3) is 0 Å². The summed E-state index contributed by atoms with van der Waals surface area (Å²) >= 11 is 3.42. The minimum Gasteiger partial charge on any atom is -0.393 e. The van der Waals surface area contributed by atoms with Gasteiger partial charge in [-0.1, -0.05) is 33.2 Å². The van der Waals surface area contributed by atoms with Gasteiger partial charge < -0.3 is 9.63 Å². The first kappa shape index (κ1) is 15.2. The van der Waals surface area contributed by atoms with E-state index in [4.69, 9.17) is 4.52 Å². The van der Waals surface area contributed by atoms with Crippen LogP contribution in [-0.2, 0) is 6.54 Å². The van der Waals surface area contributed by atoms with Gasteiger partial charge in [-0.2, -0.15) is 4.98 Å². The third-order valence-electron chi connectivity index (χ3n) is 2.88. The van der Waals surface area contributed by atoms with Crippen molar-refractivity contribution in [3.8, 4) is 11.4 Å².